The van der Waals surface area contributed by atoms with Crippen LogP contribution in [0.15, 0.2) is 48.5 Å². The standard InChI is InChI=1S/C29H37N3/c1-2-32-28-11-7-6-10-25(28)26-20-24(13-15-29(26)32)27(30)14-12-22-16-18-31(19-17-22)21-23-8-4-3-5-9-23/h3-5,8-9,13,15,20,22,30H,2,6-7,10-12,14,16-19,21H2,1H3. The van der Waals surface area contributed by atoms with Crippen molar-refractivity contribution in [2.75, 3.05) is 13.1 Å². The minimum Gasteiger partial charge on any atom is -0.345 e. The zero-order valence-electron chi connectivity index (χ0n) is 19.6. The number of nitrogens with zero attached hydrogens (tertiary/aromatic N) is 2. The van der Waals surface area contributed by atoms with Gasteiger partial charge in [-0.1, -0.05) is 36.4 Å². The third-order valence-electron chi connectivity index (χ3n) is 7.80. The summed E-state index contributed by atoms with van der Waals surface area (Å²) in [6.45, 7) is 6.76. The maximum atomic E-state index is 8.79. The molecule has 0 amide bonds. The van der Waals surface area contributed by atoms with Gasteiger partial charge < -0.3 is 9.98 Å². The van der Waals surface area contributed by atoms with Crippen LogP contribution in [0.4, 0.5) is 0 Å². The Bertz CT molecular complexity index is 1070. The van der Waals surface area contributed by atoms with Crippen LogP contribution in [-0.4, -0.2) is 28.3 Å². The first-order valence-corrected chi connectivity index (χ1v) is 12.7. The van der Waals surface area contributed by atoms with Gasteiger partial charge in [0.2, 0.25) is 0 Å². The maximum absolute atomic E-state index is 8.79. The van der Waals surface area contributed by atoms with E-state index in [1.165, 1.54) is 68.1 Å². The fourth-order valence-electron chi connectivity index (χ4n) is 5.95. The minimum atomic E-state index is 0.764. The Morgan fingerprint density at radius 3 is 2.56 bits per heavy atom. The number of rotatable bonds is 7. The first-order chi connectivity index (χ1) is 15.7. The molecule has 2 aliphatic rings. The summed E-state index contributed by atoms with van der Waals surface area (Å²) in [5.74, 6) is 0.764. The molecule has 0 atom stereocenters. The van der Waals surface area contributed by atoms with Crippen molar-refractivity contribution in [3.63, 3.8) is 0 Å². The lowest BCUT2D eigenvalue weighted by molar-refractivity contribution is 0.173. The van der Waals surface area contributed by atoms with E-state index in [0.29, 0.717) is 0 Å². The highest BCUT2D eigenvalue weighted by Crippen LogP contribution is 2.33. The van der Waals surface area contributed by atoms with E-state index in [9.17, 15) is 0 Å². The van der Waals surface area contributed by atoms with Crippen molar-refractivity contribution in [2.45, 2.75) is 71.4 Å². The van der Waals surface area contributed by atoms with Crippen LogP contribution in [0.5, 0.6) is 0 Å². The molecule has 1 saturated heterocycles. The van der Waals surface area contributed by atoms with Gasteiger partial charge in [0.05, 0.1) is 0 Å². The Morgan fingerprint density at radius 1 is 1.00 bits per heavy atom. The third-order valence-corrected chi connectivity index (χ3v) is 7.80. The summed E-state index contributed by atoms with van der Waals surface area (Å²) < 4.78 is 2.51. The topological polar surface area (TPSA) is 32.0 Å². The van der Waals surface area contributed by atoms with Crippen LogP contribution in [0.2, 0.25) is 0 Å². The molecule has 3 aromatic rings. The number of hydrogen-bond donors (Lipinski definition) is 1. The molecule has 168 valence electrons. The van der Waals surface area contributed by atoms with E-state index >= 15 is 0 Å². The van der Waals surface area contributed by atoms with Crippen LogP contribution < -0.4 is 0 Å². The zero-order chi connectivity index (χ0) is 21.9. The normalized spacial score (nSPS) is 17.5. The first kappa shape index (κ1) is 21.5. The SMILES string of the molecule is CCn1c2c(c3cc(C(=N)CCC4CCN(Cc5ccccc5)CC4)ccc31)CCCC2. The molecule has 1 aliphatic carbocycles. The average molecular weight is 428 g/mol. The number of nitrogens with one attached hydrogen (secondary N) is 1. The molecule has 0 radical (unpaired) electrons. The van der Waals surface area contributed by atoms with Gasteiger partial charge in [0.1, 0.15) is 0 Å². The van der Waals surface area contributed by atoms with Gasteiger partial charge in [0.25, 0.3) is 0 Å². The van der Waals surface area contributed by atoms with Crippen molar-refractivity contribution < 1.29 is 0 Å². The molecular weight excluding hydrogens is 390 g/mol. The second kappa shape index (κ2) is 9.62. The molecule has 1 aliphatic heterocycles. The van der Waals surface area contributed by atoms with E-state index in [1.54, 1.807) is 11.3 Å². The molecule has 3 heteroatoms. The number of hydrogen-bond acceptors (Lipinski definition) is 2. The monoisotopic (exact) mass is 427 g/mol. The van der Waals surface area contributed by atoms with Gasteiger partial charge in [-0.3, -0.25) is 4.90 Å². The second-order valence-electron chi connectivity index (χ2n) is 9.83. The highest BCUT2D eigenvalue weighted by molar-refractivity contribution is 6.02. The van der Waals surface area contributed by atoms with Gasteiger partial charge in [-0.05, 0) is 106 Å². The van der Waals surface area contributed by atoms with E-state index in [-0.39, 0.29) is 0 Å². The summed E-state index contributed by atoms with van der Waals surface area (Å²) in [6.07, 6.45) is 9.65. The predicted molar refractivity (Wildman–Crippen MR) is 135 cm³/mol. The second-order valence-corrected chi connectivity index (χ2v) is 9.83. The molecule has 1 fully saturated rings. The Kier molecular flexibility index (Phi) is 6.45. The summed E-state index contributed by atoms with van der Waals surface area (Å²) in [7, 11) is 0. The van der Waals surface area contributed by atoms with Crippen molar-refractivity contribution >= 4 is 16.6 Å². The van der Waals surface area contributed by atoms with Gasteiger partial charge in [-0.15, -0.1) is 0 Å². The summed E-state index contributed by atoms with van der Waals surface area (Å²) in [6, 6.07) is 17.6. The molecule has 3 nitrogen and oxygen atoms in total. The quantitative estimate of drug-likeness (QED) is 0.423. The van der Waals surface area contributed by atoms with Gasteiger partial charge in [-0.2, -0.15) is 0 Å². The van der Waals surface area contributed by atoms with Crippen LogP contribution in [0.1, 0.15) is 67.8 Å². The number of likely N-dealkylation sites (tertiary alicyclic amines) is 1. The summed E-state index contributed by atoms with van der Waals surface area (Å²) in [5, 5.41) is 10.2. The molecular formula is C29H37N3. The van der Waals surface area contributed by atoms with Gasteiger partial charge in [0, 0.05) is 35.4 Å². The lowest BCUT2D eigenvalue weighted by atomic mass is 9.89. The number of aryl methyl sites for hydroxylation is 2. The summed E-state index contributed by atoms with van der Waals surface area (Å²) in [4.78, 5) is 2.59. The maximum Gasteiger partial charge on any atom is 0.0485 e. The van der Waals surface area contributed by atoms with Crippen molar-refractivity contribution in [1.82, 2.24) is 9.47 Å². The fraction of sp³-hybridized carbons (Fsp3) is 0.483. The van der Waals surface area contributed by atoms with Gasteiger partial charge >= 0.3 is 0 Å². The molecule has 0 saturated carbocycles. The molecule has 0 bridgehead atoms. The Hall–Kier alpha value is -2.39. The van der Waals surface area contributed by atoms with Crippen LogP contribution in [-0.2, 0) is 25.9 Å². The van der Waals surface area contributed by atoms with E-state index in [4.69, 9.17) is 5.41 Å². The highest BCUT2D eigenvalue weighted by Gasteiger charge is 2.22. The Labute approximate surface area is 192 Å². The van der Waals surface area contributed by atoms with Gasteiger partial charge in [0.15, 0.2) is 0 Å². The van der Waals surface area contributed by atoms with E-state index in [2.05, 4.69) is 64.9 Å². The summed E-state index contributed by atoms with van der Waals surface area (Å²) >= 11 is 0. The Morgan fingerprint density at radius 2 is 1.78 bits per heavy atom. The van der Waals surface area contributed by atoms with Crippen molar-refractivity contribution in [3.8, 4) is 0 Å². The van der Waals surface area contributed by atoms with E-state index in [1.807, 2.05) is 0 Å². The average Bonchev–Trinajstić information content (AvgIpc) is 3.17. The molecule has 0 spiro atoms. The zero-order valence-corrected chi connectivity index (χ0v) is 19.6. The van der Waals surface area contributed by atoms with Crippen molar-refractivity contribution in [2.24, 2.45) is 5.92 Å². The number of fused-ring (bicyclic) bond motifs is 3. The van der Waals surface area contributed by atoms with Crippen LogP contribution >= 0.6 is 0 Å². The molecule has 1 aromatic heterocycles. The smallest absolute Gasteiger partial charge is 0.0485 e. The van der Waals surface area contributed by atoms with Crippen molar-refractivity contribution in [1.29, 1.82) is 5.41 Å². The Balaban J connectivity index is 1.19. The molecule has 32 heavy (non-hydrogen) atoms. The predicted octanol–water partition coefficient (Wildman–Crippen LogP) is 6.60. The third kappa shape index (κ3) is 4.41. The first-order valence-electron chi connectivity index (χ1n) is 12.7. The number of aromatic nitrogens is 1. The largest absolute Gasteiger partial charge is 0.345 e. The molecule has 5 rings (SSSR count). The molecule has 2 aromatic carbocycles. The van der Waals surface area contributed by atoms with Gasteiger partial charge in [-0.25, -0.2) is 0 Å². The lowest BCUT2D eigenvalue weighted by Crippen LogP contribution is -2.33. The van der Waals surface area contributed by atoms with E-state index < -0.39 is 0 Å². The minimum absolute atomic E-state index is 0.764. The molecule has 2 heterocycles. The van der Waals surface area contributed by atoms with Crippen molar-refractivity contribution in [3.05, 3.63) is 70.9 Å². The van der Waals surface area contributed by atoms with Crippen LogP contribution in [0.3, 0.4) is 0 Å². The van der Waals surface area contributed by atoms with Crippen LogP contribution in [0, 0.1) is 11.3 Å². The highest BCUT2D eigenvalue weighted by atomic mass is 15.1. The van der Waals surface area contributed by atoms with Crippen LogP contribution in [0.25, 0.3) is 10.9 Å². The number of benzene rings is 2. The summed E-state index contributed by atoms with van der Waals surface area (Å²) in [5.41, 5.74) is 7.88. The molecule has 0 unspecified atom stereocenters. The number of piperidine rings is 1. The lowest BCUT2D eigenvalue weighted by Gasteiger charge is -2.32. The molecule has 1 N–H and O–H groups in total. The van der Waals surface area contributed by atoms with E-state index in [0.717, 1.165) is 43.1 Å². The fourth-order valence-corrected chi connectivity index (χ4v) is 5.95.